The van der Waals surface area contributed by atoms with Crippen LogP contribution in [0.2, 0.25) is 0 Å². The summed E-state index contributed by atoms with van der Waals surface area (Å²) < 4.78 is 4.39. The molecule has 2 aliphatic rings. The standard InChI is InChI=1S/C12H18N2S/c1-2-4-6-12(5-3-1)9-13-7-10-8-14-15-11(10)12/h8,13H,1-7,9H2. The van der Waals surface area contributed by atoms with Crippen LogP contribution in [-0.2, 0) is 12.0 Å². The van der Waals surface area contributed by atoms with Gasteiger partial charge in [-0.3, -0.25) is 0 Å². The van der Waals surface area contributed by atoms with Gasteiger partial charge < -0.3 is 5.32 Å². The van der Waals surface area contributed by atoms with E-state index in [1.165, 1.54) is 50.6 Å². The highest BCUT2D eigenvalue weighted by molar-refractivity contribution is 7.06. The average molecular weight is 222 g/mol. The Balaban J connectivity index is 1.98. The number of nitrogens with zero attached hydrogens (tertiary/aromatic N) is 1. The van der Waals surface area contributed by atoms with Crippen LogP contribution < -0.4 is 5.32 Å². The molecule has 1 fully saturated rings. The number of aromatic nitrogens is 1. The van der Waals surface area contributed by atoms with Gasteiger partial charge in [0.2, 0.25) is 0 Å². The number of hydrogen-bond acceptors (Lipinski definition) is 3. The molecule has 1 aromatic heterocycles. The molecule has 0 amide bonds. The molecule has 82 valence electrons. The molecule has 1 aliphatic carbocycles. The van der Waals surface area contributed by atoms with Gasteiger partial charge in [-0.05, 0) is 24.4 Å². The van der Waals surface area contributed by atoms with Crippen LogP contribution in [0.5, 0.6) is 0 Å². The largest absolute Gasteiger partial charge is 0.312 e. The molecule has 0 unspecified atom stereocenters. The molecular weight excluding hydrogens is 204 g/mol. The Kier molecular flexibility index (Phi) is 2.53. The monoisotopic (exact) mass is 222 g/mol. The van der Waals surface area contributed by atoms with Gasteiger partial charge in [0.15, 0.2) is 0 Å². The van der Waals surface area contributed by atoms with Gasteiger partial charge >= 0.3 is 0 Å². The second kappa shape index (κ2) is 3.87. The first-order valence-corrected chi connectivity index (χ1v) is 6.83. The molecule has 3 heteroatoms. The van der Waals surface area contributed by atoms with Crippen molar-refractivity contribution < 1.29 is 0 Å². The van der Waals surface area contributed by atoms with E-state index in [2.05, 4.69) is 15.9 Å². The van der Waals surface area contributed by atoms with Crippen molar-refractivity contribution in [1.29, 1.82) is 0 Å². The smallest absolute Gasteiger partial charge is 0.0455 e. The topological polar surface area (TPSA) is 24.9 Å². The maximum atomic E-state index is 4.39. The Bertz CT molecular complexity index is 337. The van der Waals surface area contributed by atoms with Crippen molar-refractivity contribution in [2.24, 2.45) is 0 Å². The Morgan fingerprint density at radius 2 is 2.00 bits per heavy atom. The van der Waals surface area contributed by atoms with Crippen molar-refractivity contribution in [3.63, 3.8) is 0 Å². The van der Waals surface area contributed by atoms with E-state index in [4.69, 9.17) is 0 Å². The zero-order chi connectivity index (χ0) is 10.1. The Morgan fingerprint density at radius 3 is 2.80 bits per heavy atom. The van der Waals surface area contributed by atoms with Crippen molar-refractivity contribution in [2.75, 3.05) is 6.54 Å². The molecular formula is C12H18N2S. The average Bonchev–Trinajstić information content (AvgIpc) is 2.62. The fourth-order valence-electron chi connectivity index (χ4n) is 3.15. The zero-order valence-electron chi connectivity index (χ0n) is 9.09. The Morgan fingerprint density at radius 1 is 1.20 bits per heavy atom. The molecule has 2 heterocycles. The number of rotatable bonds is 0. The molecule has 0 aromatic carbocycles. The van der Waals surface area contributed by atoms with E-state index in [9.17, 15) is 0 Å². The predicted molar refractivity (Wildman–Crippen MR) is 63.2 cm³/mol. The minimum Gasteiger partial charge on any atom is -0.312 e. The van der Waals surface area contributed by atoms with Crippen LogP contribution >= 0.6 is 11.5 Å². The van der Waals surface area contributed by atoms with Crippen molar-refractivity contribution in [2.45, 2.75) is 50.5 Å². The van der Waals surface area contributed by atoms with Crippen LogP contribution in [0.15, 0.2) is 6.20 Å². The summed E-state index contributed by atoms with van der Waals surface area (Å²) in [6.07, 6.45) is 10.5. The molecule has 1 aromatic rings. The van der Waals surface area contributed by atoms with Gasteiger partial charge in [0.25, 0.3) is 0 Å². The van der Waals surface area contributed by atoms with Gasteiger partial charge in [-0.15, -0.1) is 0 Å². The van der Waals surface area contributed by atoms with E-state index < -0.39 is 0 Å². The summed E-state index contributed by atoms with van der Waals surface area (Å²) in [6, 6.07) is 0. The SMILES string of the molecule is c1nsc2c1CNCC21CCCCCC1. The highest BCUT2D eigenvalue weighted by atomic mass is 32.1. The van der Waals surface area contributed by atoms with E-state index in [1.54, 1.807) is 16.4 Å². The molecule has 0 saturated heterocycles. The first-order valence-electron chi connectivity index (χ1n) is 6.05. The predicted octanol–water partition coefficient (Wildman–Crippen LogP) is 2.84. The Labute approximate surface area is 95.3 Å². The first-order chi connectivity index (χ1) is 7.41. The van der Waals surface area contributed by atoms with E-state index in [0.29, 0.717) is 5.41 Å². The van der Waals surface area contributed by atoms with Crippen LogP contribution in [0.3, 0.4) is 0 Å². The van der Waals surface area contributed by atoms with Crippen LogP contribution in [0.4, 0.5) is 0 Å². The van der Waals surface area contributed by atoms with Crippen LogP contribution in [0.1, 0.15) is 49.0 Å². The van der Waals surface area contributed by atoms with Gasteiger partial charge in [-0.25, -0.2) is 4.37 Å². The lowest BCUT2D eigenvalue weighted by atomic mass is 9.76. The minimum absolute atomic E-state index is 0.450. The van der Waals surface area contributed by atoms with Gasteiger partial charge in [0, 0.05) is 35.1 Å². The van der Waals surface area contributed by atoms with Crippen molar-refractivity contribution >= 4 is 11.5 Å². The van der Waals surface area contributed by atoms with Crippen LogP contribution in [0.25, 0.3) is 0 Å². The molecule has 1 saturated carbocycles. The molecule has 2 nitrogen and oxygen atoms in total. The Hall–Kier alpha value is -0.410. The lowest BCUT2D eigenvalue weighted by Crippen LogP contribution is -2.41. The van der Waals surface area contributed by atoms with E-state index in [1.807, 2.05) is 0 Å². The lowest BCUT2D eigenvalue weighted by Gasteiger charge is -2.36. The normalized spacial score (nSPS) is 24.8. The van der Waals surface area contributed by atoms with E-state index in [0.717, 1.165) is 6.54 Å². The molecule has 1 spiro atoms. The third kappa shape index (κ3) is 1.62. The third-order valence-electron chi connectivity index (χ3n) is 3.97. The molecule has 15 heavy (non-hydrogen) atoms. The molecule has 1 aliphatic heterocycles. The van der Waals surface area contributed by atoms with Crippen molar-refractivity contribution in [1.82, 2.24) is 9.69 Å². The van der Waals surface area contributed by atoms with Gasteiger partial charge in [0.1, 0.15) is 0 Å². The van der Waals surface area contributed by atoms with Crippen molar-refractivity contribution in [3.05, 3.63) is 16.6 Å². The fraction of sp³-hybridized carbons (Fsp3) is 0.750. The summed E-state index contributed by atoms with van der Waals surface area (Å²) in [5.41, 5.74) is 1.92. The first kappa shape index (κ1) is 9.79. The highest BCUT2D eigenvalue weighted by Crippen LogP contribution is 2.43. The van der Waals surface area contributed by atoms with Gasteiger partial charge in [0.05, 0.1) is 0 Å². The maximum absolute atomic E-state index is 4.39. The van der Waals surface area contributed by atoms with Gasteiger partial charge in [-0.2, -0.15) is 0 Å². The summed E-state index contributed by atoms with van der Waals surface area (Å²) >= 11 is 1.75. The number of hydrogen-bond donors (Lipinski definition) is 1. The molecule has 0 radical (unpaired) electrons. The summed E-state index contributed by atoms with van der Waals surface area (Å²) in [4.78, 5) is 1.60. The summed E-state index contributed by atoms with van der Waals surface area (Å²) in [5, 5.41) is 3.58. The number of fused-ring (bicyclic) bond motifs is 2. The number of nitrogens with one attached hydrogen (secondary N) is 1. The summed E-state index contributed by atoms with van der Waals surface area (Å²) in [7, 11) is 0. The molecule has 3 rings (SSSR count). The summed E-state index contributed by atoms with van der Waals surface area (Å²) in [5.74, 6) is 0. The fourth-order valence-corrected chi connectivity index (χ4v) is 4.15. The van der Waals surface area contributed by atoms with E-state index in [-0.39, 0.29) is 0 Å². The quantitative estimate of drug-likeness (QED) is 0.730. The second-order valence-electron chi connectivity index (χ2n) is 4.98. The van der Waals surface area contributed by atoms with Gasteiger partial charge in [-0.1, -0.05) is 25.7 Å². The third-order valence-corrected chi connectivity index (χ3v) is 5.05. The summed E-state index contributed by atoms with van der Waals surface area (Å²) in [6.45, 7) is 2.22. The molecule has 0 bridgehead atoms. The molecule has 1 N–H and O–H groups in total. The molecule has 0 atom stereocenters. The maximum Gasteiger partial charge on any atom is 0.0455 e. The van der Waals surface area contributed by atoms with E-state index >= 15 is 0 Å². The minimum atomic E-state index is 0.450. The lowest BCUT2D eigenvalue weighted by molar-refractivity contribution is 0.333. The van der Waals surface area contributed by atoms with Crippen LogP contribution in [-0.4, -0.2) is 10.9 Å². The zero-order valence-corrected chi connectivity index (χ0v) is 9.91. The highest BCUT2D eigenvalue weighted by Gasteiger charge is 2.38. The second-order valence-corrected chi connectivity index (χ2v) is 5.78. The van der Waals surface area contributed by atoms with Crippen molar-refractivity contribution in [3.8, 4) is 0 Å². The van der Waals surface area contributed by atoms with Crippen LogP contribution in [0, 0.1) is 0 Å².